The van der Waals surface area contributed by atoms with E-state index in [0.717, 1.165) is 32.4 Å². The van der Waals surface area contributed by atoms with Crippen molar-refractivity contribution in [1.82, 2.24) is 9.80 Å². The first kappa shape index (κ1) is 18.2. The number of amides is 1. The summed E-state index contributed by atoms with van der Waals surface area (Å²) in [5.41, 5.74) is 3.39. The first-order valence-corrected chi connectivity index (χ1v) is 9.14. The van der Waals surface area contributed by atoms with Gasteiger partial charge in [0.1, 0.15) is 0 Å². The van der Waals surface area contributed by atoms with Gasteiger partial charge in [0.25, 0.3) is 5.91 Å². The molecular formula is C22H25N3O. The minimum absolute atomic E-state index is 0.0378. The third-order valence-corrected chi connectivity index (χ3v) is 4.90. The van der Waals surface area contributed by atoms with E-state index < -0.39 is 0 Å². The van der Waals surface area contributed by atoms with Crippen LogP contribution in [0.15, 0.2) is 48.5 Å². The molecule has 0 bridgehead atoms. The summed E-state index contributed by atoms with van der Waals surface area (Å²) in [7, 11) is 4.12. The molecule has 4 heteroatoms. The van der Waals surface area contributed by atoms with Gasteiger partial charge in [-0.3, -0.25) is 4.79 Å². The number of benzene rings is 2. The van der Waals surface area contributed by atoms with Crippen LogP contribution in [0.2, 0.25) is 0 Å². The fraction of sp³-hybridized carbons (Fsp3) is 0.364. The quantitative estimate of drug-likeness (QED) is 0.840. The van der Waals surface area contributed by atoms with Gasteiger partial charge in [-0.2, -0.15) is 5.26 Å². The molecule has 26 heavy (non-hydrogen) atoms. The normalized spacial score (nSPS) is 17.2. The van der Waals surface area contributed by atoms with Gasteiger partial charge in [-0.25, -0.2) is 0 Å². The van der Waals surface area contributed by atoms with E-state index in [-0.39, 0.29) is 11.9 Å². The van der Waals surface area contributed by atoms with Gasteiger partial charge in [-0.05, 0) is 56.6 Å². The van der Waals surface area contributed by atoms with Crippen LogP contribution in [0, 0.1) is 11.3 Å². The van der Waals surface area contributed by atoms with Crippen molar-refractivity contribution in [1.29, 1.82) is 5.26 Å². The molecule has 0 saturated carbocycles. The Bertz CT molecular complexity index is 805. The zero-order chi connectivity index (χ0) is 18.5. The second-order valence-corrected chi connectivity index (χ2v) is 7.15. The molecule has 1 atom stereocenters. The van der Waals surface area contributed by atoms with Crippen molar-refractivity contribution in [2.45, 2.75) is 31.8 Å². The van der Waals surface area contributed by atoms with Gasteiger partial charge >= 0.3 is 0 Å². The van der Waals surface area contributed by atoms with Gasteiger partial charge in [-0.15, -0.1) is 0 Å². The molecule has 3 rings (SSSR count). The number of piperidine rings is 1. The van der Waals surface area contributed by atoms with Gasteiger partial charge in [0, 0.05) is 13.1 Å². The molecule has 1 heterocycles. The van der Waals surface area contributed by atoms with Gasteiger partial charge in [0.2, 0.25) is 0 Å². The second-order valence-electron chi connectivity index (χ2n) is 7.15. The molecule has 134 valence electrons. The molecule has 0 spiro atoms. The van der Waals surface area contributed by atoms with E-state index in [1.807, 2.05) is 11.0 Å². The van der Waals surface area contributed by atoms with Gasteiger partial charge in [0.15, 0.2) is 0 Å². The minimum atomic E-state index is -0.0378. The molecule has 0 unspecified atom stereocenters. The van der Waals surface area contributed by atoms with Crippen LogP contribution in [0.5, 0.6) is 0 Å². The van der Waals surface area contributed by atoms with Gasteiger partial charge < -0.3 is 9.80 Å². The van der Waals surface area contributed by atoms with E-state index in [1.165, 1.54) is 11.1 Å². The molecule has 1 aliphatic rings. The maximum absolute atomic E-state index is 13.1. The molecule has 2 aromatic rings. The summed E-state index contributed by atoms with van der Waals surface area (Å²) in [5, 5.41) is 9.33. The number of carbonyl (C=O) groups excluding carboxylic acids is 1. The topological polar surface area (TPSA) is 47.3 Å². The predicted molar refractivity (Wildman–Crippen MR) is 103 cm³/mol. The highest BCUT2D eigenvalue weighted by Crippen LogP contribution is 2.32. The molecule has 1 fully saturated rings. The highest BCUT2D eigenvalue weighted by molar-refractivity contribution is 5.97. The summed E-state index contributed by atoms with van der Waals surface area (Å²) in [5.74, 6) is -0.0378. The summed E-state index contributed by atoms with van der Waals surface area (Å²) in [6.07, 6.45) is 3.09. The molecule has 0 aromatic heterocycles. The number of nitriles is 1. The molecule has 2 aromatic carbocycles. The molecule has 1 saturated heterocycles. The summed E-state index contributed by atoms with van der Waals surface area (Å²) in [6, 6.07) is 17.9. The fourth-order valence-corrected chi connectivity index (χ4v) is 3.65. The number of likely N-dealkylation sites (tertiary alicyclic amines) is 1. The van der Waals surface area contributed by atoms with Crippen molar-refractivity contribution in [3.8, 4) is 6.07 Å². The van der Waals surface area contributed by atoms with Crippen LogP contribution in [0.1, 0.15) is 52.4 Å². The first-order chi connectivity index (χ1) is 12.6. The molecule has 4 nitrogen and oxygen atoms in total. The number of rotatable bonds is 4. The lowest BCUT2D eigenvalue weighted by atomic mass is 9.93. The second kappa shape index (κ2) is 8.16. The van der Waals surface area contributed by atoms with Crippen LogP contribution in [0.3, 0.4) is 0 Å². The summed E-state index contributed by atoms with van der Waals surface area (Å²) < 4.78 is 0. The Morgan fingerprint density at radius 1 is 1.15 bits per heavy atom. The van der Waals surface area contributed by atoms with Gasteiger partial charge in [-0.1, -0.05) is 36.4 Å². The maximum atomic E-state index is 13.1. The Balaban J connectivity index is 1.86. The minimum Gasteiger partial charge on any atom is -0.332 e. The molecule has 0 aliphatic carbocycles. The Morgan fingerprint density at radius 3 is 2.58 bits per heavy atom. The van der Waals surface area contributed by atoms with E-state index in [9.17, 15) is 10.1 Å². The van der Waals surface area contributed by atoms with Crippen molar-refractivity contribution in [3.63, 3.8) is 0 Å². The Morgan fingerprint density at radius 2 is 1.88 bits per heavy atom. The highest BCUT2D eigenvalue weighted by atomic mass is 16.2. The van der Waals surface area contributed by atoms with Crippen LogP contribution in [-0.2, 0) is 6.54 Å². The zero-order valence-corrected chi connectivity index (χ0v) is 15.5. The molecule has 1 aliphatic heterocycles. The standard InChI is InChI=1S/C22H25N3O/c1-24(2)16-17-10-12-18(13-11-17)21-9-5-6-14-25(21)22(26)20-8-4-3-7-19(20)15-23/h3-4,7-8,10-13,21H,5-6,9,14,16H2,1-2H3/t21-/m1/s1. The van der Waals surface area contributed by atoms with Crippen molar-refractivity contribution >= 4 is 5.91 Å². The number of nitrogens with zero attached hydrogens (tertiary/aromatic N) is 3. The van der Waals surface area contributed by atoms with Crippen molar-refractivity contribution in [2.75, 3.05) is 20.6 Å². The van der Waals surface area contributed by atoms with Gasteiger partial charge in [0.05, 0.1) is 23.2 Å². The lowest BCUT2D eigenvalue weighted by Gasteiger charge is -2.36. The monoisotopic (exact) mass is 347 g/mol. The summed E-state index contributed by atoms with van der Waals surface area (Å²) in [4.78, 5) is 17.2. The maximum Gasteiger partial charge on any atom is 0.255 e. The van der Waals surface area contributed by atoms with Crippen molar-refractivity contribution in [3.05, 3.63) is 70.8 Å². The third kappa shape index (κ3) is 3.95. The van der Waals surface area contributed by atoms with E-state index in [2.05, 4.69) is 49.3 Å². The third-order valence-electron chi connectivity index (χ3n) is 4.90. The van der Waals surface area contributed by atoms with Crippen LogP contribution in [0.25, 0.3) is 0 Å². The highest BCUT2D eigenvalue weighted by Gasteiger charge is 2.29. The zero-order valence-electron chi connectivity index (χ0n) is 15.5. The molecule has 1 amide bonds. The Hall–Kier alpha value is -2.64. The average molecular weight is 347 g/mol. The molecule has 0 N–H and O–H groups in total. The lowest BCUT2D eigenvalue weighted by Crippen LogP contribution is -2.38. The molecule has 0 radical (unpaired) electrons. The van der Waals surface area contributed by atoms with E-state index >= 15 is 0 Å². The predicted octanol–water partition coefficient (Wildman–Crippen LogP) is 3.99. The van der Waals surface area contributed by atoms with Crippen molar-refractivity contribution in [2.24, 2.45) is 0 Å². The smallest absolute Gasteiger partial charge is 0.255 e. The number of hydrogen-bond acceptors (Lipinski definition) is 3. The Kier molecular flexibility index (Phi) is 5.70. The average Bonchev–Trinajstić information content (AvgIpc) is 2.67. The number of carbonyl (C=O) groups is 1. The van der Waals surface area contributed by atoms with Crippen LogP contribution in [-0.4, -0.2) is 36.3 Å². The largest absolute Gasteiger partial charge is 0.332 e. The summed E-state index contributed by atoms with van der Waals surface area (Å²) in [6.45, 7) is 1.64. The van der Waals surface area contributed by atoms with E-state index in [0.29, 0.717) is 11.1 Å². The van der Waals surface area contributed by atoms with Crippen molar-refractivity contribution < 1.29 is 4.79 Å². The molecular weight excluding hydrogens is 322 g/mol. The summed E-state index contributed by atoms with van der Waals surface area (Å²) >= 11 is 0. The fourth-order valence-electron chi connectivity index (χ4n) is 3.65. The lowest BCUT2D eigenvalue weighted by molar-refractivity contribution is 0.0611. The Labute approximate surface area is 155 Å². The number of hydrogen-bond donors (Lipinski definition) is 0. The SMILES string of the molecule is CN(C)Cc1ccc([C@H]2CCCCN2C(=O)c2ccccc2C#N)cc1. The van der Waals surface area contributed by atoms with Crippen LogP contribution < -0.4 is 0 Å². The van der Waals surface area contributed by atoms with E-state index in [4.69, 9.17) is 0 Å². The van der Waals surface area contributed by atoms with Crippen LogP contribution in [0.4, 0.5) is 0 Å². The first-order valence-electron chi connectivity index (χ1n) is 9.14. The van der Waals surface area contributed by atoms with E-state index in [1.54, 1.807) is 18.2 Å². The van der Waals surface area contributed by atoms with Crippen LogP contribution >= 0.6 is 0 Å².